The van der Waals surface area contributed by atoms with Gasteiger partial charge in [-0.25, -0.2) is 9.97 Å². The van der Waals surface area contributed by atoms with Crippen molar-refractivity contribution < 1.29 is 0 Å². The van der Waals surface area contributed by atoms with Gasteiger partial charge in [0.1, 0.15) is 17.2 Å². The molecule has 4 N–H and O–H groups in total. The van der Waals surface area contributed by atoms with Crippen LogP contribution in [0, 0.1) is 6.92 Å². The Morgan fingerprint density at radius 2 is 1.77 bits per heavy atom. The molecule has 0 saturated heterocycles. The van der Waals surface area contributed by atoms with Crippen LogP contribution in [0.1, 0.15) is 22.4 Å². The number of hydrogen-bond donors (Lipinski definition) is 3. The zero-order chi connectivity index (χ0) is 23.8. The molecule has 6 rings (SSSR count). The van der Waals surface area contributed by atoms with E-state index >= 15 is 0 Å². The number of nitrogens with zero attached hydrogens (tertiary/aromatic N) is 6. The van der Waals surface area contributed by atoms with Gasteiger partial charge in [-0.15, -0.1) is 5.10 Å². The molecule has 0 aliphatic heterocycles. The Labute approximate surface area is 201 Å². The van der Waals surface area contributed by atoms with Crippen LogP contribution in [0.5, 0.6) is 0 Å². The number of nitrogens with two attached hydrogens (primary N) is 1. The van der Waals surface area contributed by atoms with Crippen LogP contribution in [0.15, 0.2) is 73.1 Å². The lowest BCUT2D eigenvalue weighted by atomic mass is 10.1. The van der Waals surface area contributed by atoms with E-state index in [1.54, 1.807) is 0 Å². The lowest BCUT2D eigenvalue weighted by molar-refractivity contribution is 0.686. The number of pyridine rings is 1. The first-order valence-electron chi connectivity index (χ1n) is 11.3. The number of H-pyrrole nitrogens is 2. The van der Waals surface area contributed by atoms with Gasteiger partial charge >= 0.3 is 0 Å². The number of nitrogen functional groups attached to an aromatic ring is 1. The predicted octanol–water partition coefficient (Wildman–Crippen LogP) is 4.14. The molecule has 6 aromatic rings. The minimum atomic E-state index is 0.426. The average molecular weight is 462 g/mol. The molecular weight excluding hydrogens is 438 g/mol. The van der Waals surface area contributed by atoms with Crippen LogP contribution < -0.4 is 5.73 Å². The van der Waals surface area contributed by atoms with Crippen molar-refractivity contribution in [1.82, 2.24) is 40.1 Å². The van der Waals surface area contributed by atoms with E-state index in [4.69, 9.17) is 10.7 Å². The number of aromatic amines is 2. The van der Waals surface area contributed by atoms with Crippen LogP contribution in [-0.2, 0) is 13.0 Å². The van der Waals surface area contributed by atoms with Crippen molar-refractivity contribution in [2.45, 2.75) is 19.9 Å². The quantitative estimate of drug-likeness (QED) is 0.342. The second-order valence-corrected chi connectivity index (χ2v) is 8.55. The van der Waals surface area contributed by atoms with Crippen molar-refractivity contribution in [2.75, 3.05) is 5.73 Å². The number of imidazole rings is 1. The van der Waals surface area contributed by atoms with Gasteiger partial charge in [-0.2, -0.15) is 15.4 Å². The van der Waals surface area contributed by atoms with E-state index in [-0.39, 0.29) is 0 Å². The third-order valence-corrected chi connectivity index (χ3v) is 5.95. The Bertz CT molecular complexity index is 1630. The van der Waals surface area contributed by atoms with Crippen LogP contribution in [0.25, 0.3) is 33.8 Å². The SMILES string of the molecule is Cc1[nH]c(-c2ccccc2)nc1-c1cccc(Cn2cc(Cc3cc(N)nc4n[nH]nc34)cn2)c1. The van der Waals surface area contributed by atoms with Crippen molar-refractivity contribution in [3.05, 3.63) is 95.4 Å². The number of rotatable bonds is 6. The summed E-state index contributed by atoms with van der Waals surface area (Å²) in [6.07, 6.45) is 4.56. The van der Waals surface area contributed by atoms with Gasteiger partial charge in [0.25, 0.3) is 0 Å². The molecule has 0 saturated carbocycles. The summed E-state index contributed by atoms with van der Waals surface area (Å²) < 4.78 is 1.94. The molecular formula is C26H23N9. The summed E-state index contributed by atoms with van der Waals surface area (Å²) in [5.74, 6) is 1.30. The van der Waals surface area contributed by atoms with Crippen molar-refractivity contribution in [2.24, 2.45) is 0 Å². The lowest BCUT2D eigenvalue weighted by Gasteiger charge is -2.05. The summed E-state index contributed by atoms with van der Waals surface area (Å²) >= 11 is 0. The Hall–Kier alpha value is -4.79. The maximum atomic E-state index is 5.93. The number of aryl methyl sites for hydroxylation is 1. The van der Waals surface area contributed by atoms with Crippen LogP contribution >= 0.6 is 0 Å². The van der Waals surface area contributed by atoms with Gasteiger partial charge in [-0.3, -0.25) is 4.68 Å². The van der Waals surface area contributed by atoms with Crippen molar-refractivity contribution in [3.63, 3.8) is 0 Å². The van der Waals surface area contributed by atoms with E-state index < -0.39 is 0 Å². The van der Waals surface area contributed by atoms with Crippen LogP contribution in [-0.4, -0.2) is 40.1 Å². The fraction of sp³-hybridized carbons (Fsp3) is 0.115. The van der Waals surface area contributed by atoms with Crippen molar-refractivity contribution in [3.8, 4) is 22.6 Å². The van der Waals surface area contributed by atoms with Crippen LogP contribution in [0.3, 0.4) is 0 Å². The first kappa shape index (κ1) is 20.8. The third-order valence-electron chi connectivity index (χ3n) is 5.95. The van der Waals surface area contributed by atoms with Gasteiger partial charge in [0.2, 0.25) is 5.65 Å². The monoisotopic (exact) mass is 461 g/mol. The van der Waals surface area contributed by atoms with Crippen molar-refractivity contribution in [1.29, 1.82) is 0 Å². The number of benzene rings is 2. The van der Waals surface area contributed by atoms with Gasteiger partial charge in [0.15, 0.2) is 0 Å². The number of fused-ring (bicyclic) bond motifs is 1. The minimum Gasteiger partial charge on any atom is -0.384 e. The van der Waals surface area contributed by atoms with Gasteiger partial charge in [-0.1, -0.05) is 48.5 Å². The standard InChI is InChI=1S/C26H23N9/c1-16-23(31-25(29-16)19-7-3-2-4-8-19)20-9-5-6-17(10-20)14-35-15-18(13-28-35)11-21-12-22(27)30-26-24(21)32-34-33-26/h2-10,12-13,15H,11,14H2,1H3,(H,29,31)(H3,27,30,32,33,34). The fourth-order valence-electron chi connectivity index (χ4n) is 4.34. The average Bonchev–Trinajstić information content (AvgIpc) is 3.60. The lowest BCUT2D eigenvalue weighted by Crippen LogP contribution is -2.00. The summed E-state index contributed by atoms with van der Waals surface area (Å²) in [6, 6.07) is 20.4. The highest BCUT2D eigenvalue weighted by molar-refractivity contribution is 5.76. The van der Waals surface area contributed by atoms with E-state index in [1.165, 1.54) is 0 Å². The normalized spacial score (nSPS) is 11.3. The number of aromatic nitrogens is 8. The first-order chi connectivity index (χ1) is 17.1. The Morgan fingerprint density at radius 1 is 0.914 bits per heavy atom. The zero-order valence-corrected chi connectivity index (χ0v) is 19.1. The molecule has 0 atom stereocenters. The maximum absolute atomic E-state index is 5.93. The molecule has 0 aliphatic rings. The third kappa shape index (κ3) is 4.15. The maximum Gasteiger partial charge on any atom is 0.203 e. The second kappa shape index (κ2) is 8.53. The molecule has 0 amide bonds. The van der Waals surface area contributed by atoms with E-state index in [0.717, 1.165) is 50.5 Å². The fourth-order valence-corrected chi connectivity index (χ4v) is 4.34. The topological polar surface area (TPSA) is 127 Å². The molecule has 4 heterocycles. The first-order valence-corrected chi connectivity index (χ1v) is 11.3. The molecule has 0 aliphatic carbocycles. The van der Waals surface area contributed by atoms with Gasteiger partial charge < -0.3 is 10.7 Å². The highest BCUT2D eigenvalue weighted by Crippen LogP contribution is 2.26. The highest BCUT2D eigenvalue weighted by atomic mass is 15.3. The van der Waals surface area contributed by atoms with E-state index in [0.29, 0.717) is 24.4 Å². The molecule has 0 spiro atoms. The van der Waals surface area contributed by atoms with Crippen LogP contribution in [0.4, 0.5) is 5.82 Å². The molecule has 4 aromatic heterocycles. The van der Waals surface area contributed by atoms with Gasteiger partial charge in [0, 0.05) is 29.4 Å². The predicted molar refractivity (Wildman–Crippen MR) is 134 cm³/mol. The Balaban J connectivity index is 1.22. The molecule has 9 nitrogen and oxygen atoms in total. The molecule has 9 heteroatoms. The Kier molecular flexibility index (Phi) is 5.07. The number of nitrogens with one attached hydrogen (secondary N) is 2. The van der Waals surface area contributed by atoms with Gasteiger partial charge in [0.05, 0.1) is 18.4 Å². The van der Waals surface area contributed by atoms with Gasteiger partial charge in [-0.05, 0) is 35.7 Å². The summed E-state index contributed by atoms with van der Waals surface area (Å²) in [5, 5.41) is 15.4. The highest BCUT2D eigenvalue weighted by Gasteiger charge is 2.13. The summed E-state index contributed by atoms with van der Waals surface area (Å²) in [6.45, 7) is 2.71. The second-order valence-electron chi connectivity index (χ2n) is 8.55. The smallest absolute Gasteiger partial charge is 0.203 e. The summed E-state index contributed by atoms with van der Waals surface area (Å²) in [4.78, 5) is 12.5. The molecule has 0 bridgehead atoms. The Morgan fingerprint density at radius 3 is 2.66 bits per heavy atom. The molecule has 35 heavy (non-hydrogen) atoms. The molecule has 0 unspecified atom stereocenters. The zero-order valence-electron chi connectivity index (χ0n) is 19.1. The number of hydrogen-bond acceptors (Lipinski definition) is 6. The van der Waals surface area contributed by atoms with E-state index in [1.807, 2.05) is 41.3 Å². The summed E-state index contributed by atoms with van der Waals surface area (Å²) in [7, 11) is 0. The number of anilines is 1. The molecule has 172 valence electrons. The summed E-state index contributed by atoms with van der Waals surface area (Å²) in [5.41, 5.74) is 14.5. The van der Waals surface area contributed by atoms with Crippen LogP contribution in [0.2, 0.25) is 0 Å². The minimum absolute atomic E-state index is 0.426. The molecule has 2 aromatic carbocycles. The van der Waals surface area contributed by atoms with Crippen molar-refractivity contribution >= 4 is 17.0 Å². The van der Waals surface area contributed by atoms with E-state index in [2.05, 4.69) is 73.8 Å². The molecule has 0 radical (unpaired) electrons. The molecule has 0 fully saturated rings. The largest absolute Gasteiger partial charge is 0.384 e. The van der Waals surface area contributed by atoms with E-state index in [9.17, 15) is 0 Å².